The van der Waals surface area contributed by atoms with E-state index in [9.17, 15) is 0 Å². The monoisotopic (exact) mass is 209 g/mol. The van der Waals surface area contributed by atoms with Gasteiger partial charge in [-0.1, -0.05) is 25.5 Å². The number of likely N-dealkylation sites (tertiary alicyclic amines) is 1. The summed E-state index contributed by atoms with van der Waals surface area (Å²) in [5.74, 6) is 0. The summed E-state index contributed by atoms with van der Waals surface area (Å²) in [6, 6.07) is 0.703. The van der Waals surface area contributed by atoms with Crippen molar-refractivity contribution < 1.29 is 0 Å². The number of allylic oxidation sites excluding steroid dienone is 1. The predicted molar refractivity (Wildman–Crippen MR) is 68.1 cm³/mol. The second-order valence-electron chi connectivity index (χ2n) is 5.44. The minimum Gasteiger partial charge on any atom is -0.301 e. The summed E-state index contributed by atoms with van der Waals surface area (Å²) in [7, 11) is 0. The predicted octanol–water partition coefficient (Wildman–Crippen LogP) is 3.85. The summed E-state index contributed by atoms with van der Waals surface area (Å²) in [5, 5.41) is 0. The molecule has 88 valence electrons. The number of nitrogens with zero attached hydrogens (tertiary/aromatic N) is 1. The van der Waals surface area contributed by atoms with Crippen LogP contribution >= 0.6 is 0 Å². The number of hydrogen-bond acceptors (Lipinski definition) is 1. The maximum atomic E-state index is 4.22. The van der Waals surface area contributed by atoms with Crippen LogP contribution in [0.25, 0.3) is 0 Å². The highest BCUT2D eigenvalue weighted by atomic mass is 15.2. The Balaban J connectivity index is 2.61. The van der Waals surface area contributed by atoms with Gasteiger partial charge in [0.1, 0.15) is 0 Å². The van der Waals surface area contributed by atoms with Crippen LogP contribution in [0.15, 0.2) is 12.2 Å². The van der Waals surface area contributed by atoms with E-state index >= 15 is 0 Å². The molecule has 1 fully saturated rings. The van der Waals surface area contributed by atoms with Crippen molar-refractivity contribution >= 4 is 0 Å². The standard InChI is InChI=1S/C14H27N/c1-6-7-14(12(2)3)8-10-15(11-9-14)13(4)5/h13H,2,6-11H2,1,3-5H3. The first kappa shape index (κ1) is 12.8. The summed E-state index contributed by atoms with van der Waals surface area (Å²) < 4.78 is 0. The zero-order valence-electron chi connectivity index (χ0n) is 11.0. The van der Waals surface area contributed by atoms with E-state index in [1.807, 2.05) is 0 Å². The Morgan fingerprint density at radius 2 is 1.87 bits per heavy atom. The zero-order chi connectivity index (χ0) is 11.5. The van der Waals surface area contributed by atoms with Crippen molar-refractivity contribution in [1.29, 1.82) is 0 Å². The van der Waals surface area contributed by atoms with Crippen LogP contribution in [0.4, 0.5) is 0 Å². The van der Waals surface area contributed by atoms with Gasteiger partial charge in [0.25, 0.3) is 0 Å². The molecule has 0 aromatic rings. The van der Waals surface area contributed by atoms with E-state index in [2.05, 4.69) is 39.2 Å². The lowest BCUT2D eigenvalue weighted by Crippen LogP contribution is -2.43. The molecule has 15 heavy (non-hydrogen) atoms. The van der Waals surface area contributed by atoms with Crippen molar-refractivity contribution in [2.24, 2.45) is 5.41 Å². The van der Waals surface area contributed by atoms with Gasteiger partial charge >= 0.3 is 0 Å². The summed E-state index contributed by atoms with van der Waals surface area (Å²) in [6.45, 7) is 15.8. The van der Waals surface area contributed by atoms with Gasteiger partial charge in [0.15, 0.2) is 0 Å². The lowest BCUT2D eigenvalue weighted by molar-refractivity contribution is 0.0996. The Kier molecular flexibility index (Phi) is 4.39. The summed E-state index contributed by atoms with van der Waals surface area (Å²) in [6.07, 6.45) is 5.24. The fourth-order valence-corrected chi connectivity index (χ4v) is 2.84. The Morgan fingerprint density at radius 3 is 2.20 bits per heavy atom. The van der Waals surface area contributed by atoms with Crippen LogP contribution in [0.5, 0.6) is 0 Å². The second kappa shape index (κ2) is 5.16. The fraction of sp³-hybridized carbons (Fsp3) is 0.857. The van der Waals surface area contributed by atoms with Crippen LogP contribution in [0.1, 0.15) is 53.4 Å². The smallest absolute Gasteiger partial charge is 0.00386 e. The Morgan fingerprint density at radius 1 is 1.33 bits per heavy atom. The topological polar surface area (TPSA) is 3.24 Å². The average Bonchev–Trinajstić information content (AvgIpc) is 2.18. The first-order valence-corrected chi connectivity index (χ1v) is 6.42. The van der Waals surface area contributed by atoms with E-state index < -0.39 is 0 Å². The third kappa shape index (κ3) is 2.84. The molecule has 1 saturated heterocycles. The number of rotatable bonds is 4. The van der Waals surface area contributed by atoms with E-state index in [1.54, 1.807) is 0 Å². The molecule has 0 spiro atoms. The number of hydrogen-bond donors (Lipinski definition) is 0. The molecule has 0 unspecified atom stereocenters. The molecular formula is C14H27N. The van der Waals surface area contributed by atoms with Crippen LogP contribution in [-0.4, -0.2) is 24.0 Å². The van der Waals surface area contributed by atoms with E-state index in [0.717, 1.165) is 0 Å². The van der Waals surface area contributed by atoms with Gasteiger partial charge in [-0.2, -0.15) is 0 Å². The van der Waals surface area contributed by atoms with Crippen molar-refractivity contribution in [3.8, 4) is 0 Å². The van der Waals surface area contributed by atoms with E-state index in [1.165, 1.54) is 44.3 Å². The molecule has 0 N–H and O–H groups in total. The zero-order valence-corrected chi connectivity index (χ0v) is 11.0. The maximum Gasteiger partial charge on any atom is 0.00386 e. The van der Waals surface area contributed by atoms with Gasteiger partial charge in [-0.05, 0) is 58.5 Å². The molecule has 0 radical (unpaired) electrons. The minimum atomic E-state index is 0.458. The first-order chi connectivity index (χ1) is 7.02. The third-order valence-electron chi connectivity index (χ3n) is 4.12. The van der Waals surface area contributed by atoms with Gasteiger partial charge in [0.2, 0.25) is 0 Å². The largest absolute Gasteiger partial charge is 0.301 e. The van der Waals surface area contributed by atoms with Crippen LogP contribution in [0, 0.1) is 5.41 Å². The summed E-state index contributed by atoms with van der Waals surface area (Å²) in [5.41, 5.74) is 1.87. The summed E-state index contributed by atoms with van der Waals surface area (Å²) in [4.78, 5) is 2.59. The SMILES string of the molecule is C=C(C)C1(CCC)CCN(C(C)C)CC1. The molecule has 0 saturated carbocycles. The van der Waals surface area contributed by atoms with Crippen LogP contribution < -0.4 is 0 Å². The average molecular weight is 209 g/mol. The molecule has 0 aromatic carbocycles. The van der Waals surface area contributed by atoms with E-state index in [0.29, 0.717) is 11.5 Å². The maximum absolute atomic E-state index is 4.22. The quantitative estimate of drug-likeness (QED) is 0.636. The van der Waals surface area contributed by atoms with Gasteiger partial charge < -0.3 is 4.90 Å². The van der Waals surface area contributed by atoms with Gasteiger partial charge in [-0.3, -0.25) is 0 Å². The molecule has 1 nitrogen and oxygen atoms in total. The molecule has 1 aliphatic rings. The lowest BCUT2D eigenvalue weighted by atomic mass is 9.70. The molecule has 1 rings (SSSR count). The van der Waals surface area contributed by atoms with Gasteiger partial charge in [0.05, 0.1) is 0 Å². The van der Waals surface area contributed by atoms with Gasteiger partial charge in [0, 0.05) is 6.04 Å². The Hall–Kier alpha value is -0.300. The highest BCUT2D eigenvalue weighted by Gasteiger charge is 2.34. The third-order valence-corrected chi connectivity index (χ3v) is 4.12. The van der Waals surface area contributed by atoms with Crippen molar-refractivity contribution in [2.45, 2.75) is 59.4 Å². The normalized spacial score (nSPS) is 21.9. The molecular weight excluding hydrogens is 182 g/mol. The van der Waals surface area contributed by atoms with Crippen LogP contribution in [0.2, 0.25) is 0 Å². The second-order valence-corrected chi connectivity index (χ2v) is 5.44. The van der Waals surface area contributed by atoms with Crippen molar-refractivity contribution in [3.63, 3.8) is 0 Å². The fourth-order valence-electron chi connectivity index (χ4n) is 2.84. The number of piperidine rings is 1. The molecule has 1 heterocycles. The molecule has 0 aliphatic carbocycles. The minimum absolute atomic E-state index is 0.458. The first-order valence-electron chi connectivity index (χ1n) is 6.42. The van der Waals surface area contributed by atoms with Crippen molar-refractivity contribution in [1.82, 2.24) is 4.90 Å². The molecule has 0 amide bonds. The van der Waals surface area contributed by atoms with Crippen LogP contribution in [-0.2, 0) is 0 Å². The van der Waals surface area contributed by atoms with Crippen molar-refractivity contribution in [3.05, 3.63) is 12.2 Å². The summed E-state index contributed by atoms with van der Waals surface area (Å²) >= 11 is 0. The van der Waals surface area contributed by atoms with Gasteiger partial charge in [-0.25, -0.2) is 0 Å². The molecule has 0 bridgehead atoms. The van der Waals surface area contributed by atoms with Crippen molar-refractivity contribution in [2.75, 3.05) is 13.1 Å². The molecule has 0 atom stereocenters. The Bertz CT molecular complexity index is 209. The molecule has 1 aliphatic heterocycles. The molecule has 1 heteroatoms. The highest BCUT2D eigenvalue weighted by molar-refractivity contribution is 5.09. The lowest BCUT2D eigenvalue weighted by Gasteiger charge is -2.44. The van der Waals surface area contributed by atoms with Crippen LogP contribution in [0.3, 0.4) is 0 Å². The van der Waals surface area contributed by atoms with E-state index in [4.69, 9.17) is 0 Å². The Labute approximate surface area is 95.5 Å². The highest BCUT2D eigenvalue weighted by Crippen LogP contribution is 2.42. The van der Waals surface area contributed by atoms with Gasteiger partial charge in [-0.15, -0.1) is 0 Å². The molecule has 0 aromatic heterocycles. The van der Waals surface area contributed by atoms with E-state index in [-0.39, 0.29) is 0 Å².